The Hall–Kier alpha value is -2.96. The van der Waals surface area contributed by atoms with Crippen molar-refractivity contribution in [2.75, 3.05) is 11.5 Å². The molecule has 1 aliphatic carbocycles. The van der Waals surface area contributed by atoms with Gasteiger partial charge in [0.05, 0.1) is 19.0 Å². The molecule has 0 atom stereocenters. The zero-order chi connectivity index (χ0) is 21.0. The van der Waals surface area contributed by atoms with Crippen molar-refractivity contribution in [3.05, 3.63) is 35.7 Å². The average molecular weight is 395 g/mol. The van der Waals surface area contributed by atoms with Gasteiger partial charge in [0.1, 0.15) is 11.5 Å². The Morgan fingerprint density at radius 3 is 2.45 bits per heavy atom. The highest BCUT2D eigenvalue weighted by molar-refractivity contribution is 6.14. The maximum Gasteiger partial charge on any atom is 0.240 e. The number of carbonyl (C=O) groups is 2. The minimum Gasteiger partial charge on any atom is -0.492 e. The van der Waals surface area contributed by atoms with Gasteiger partial charge < -0.3 is 9.47 Å². The summed E-state index contributed by atoms with van der Waals surface area (Å²) < 4.78 is 12.0. The number of ether oxygens (including phenoxy) is 2. The van der Waals surface area contributed by atoms with Gasteiger partial charge in [-0.2, -0.15) is 0 Å². The van der Waals surface area contributed by atoms with E-state index in [4.69, 9.17) is 9.47 Å². The van der Waals surface area contributed by atoms with Gasteiger partial charge in [0.2, 0.25) is 17.7 Å². The van der Waals surface area contributed by atoms with Crippen molar-refractivity contribution >= 4 is 17.6 Å². The second-order valence-electron chi connectivity index (χ2n) is 8.88. The number of imide groups is 1. The number of anilines is 1. The van der Waals surface area contributed by atoms with Gasteiger partial charge in [-0.25, -0.2) is 14.9 Å². The Morgan fingerprint density at radius 1 is 1.17 bits per heavy atom. The smallest absolute Gasteiger partial charge is 0.240 e. The molecule has 7 heteroatoms. The summed E-state index contributed by atoms with van der Waals surface area (Å²) in [6.07, 6.45) is 5.00. The van der Waals surface area contributed by atoms with E-state index in [0.717, 1.165) is 40.4 Å². The summed E-state index contributed by atoms with van der Waals surface area (Å²) in [4.78, 5) is 34.2. The fraction of sp³-hybridized carbons (Fsp3) is 0.455. The summed E-state index contributed by atoms with van der Waals surface area (Å²) in [7, 11) is 0. The lowest BCUT2D eigenvalue weighted by Crippen LogP contribution is -2.43. The second kappa shape index (κ2) is 6.54. The molecular formula is C22H25N3O4. The normalized spacial score (nSPS) is 16.2. The highest BCUT2D eigenvalue weighted by Gasteiger charge is 2.53. The van der Waals surface area contributed by atoms with Gasteiger partial charge in [-0.05, 0) is 31.4 Å². The highest BCUT2D eigenvalue weighted by Crippen LogP contribution is 2.59. The van der Waals surface area contributed by atoms with E-state index in [1.165, 1.54) is 19.3 Å². The predicted molar refractivity (Wildman–Crippen MR) is 107 cm³/mol. The van der Waals surface area contributed by atoms with Crippen LogP contribution in [-0.4, -0.2) is 28.4 Å². The summed E-state index contributed by atoms with van der Waals surface area (Å²) in [6.45, 7) is 9.32. The summed E-state index contributed by atoms with van der Waals surface area (Å²) in [5.74, 6) is 1.37. The van der Waals surface area contributed by atoms with Crippen molar-refractivity contribution in [2.45, 2.75) is 52.9 Å². The van der Waals surface area contributed by atoms with Gasteiger partial charge >= 0.3 is 0 Å². The van der Waals surface area contributed by atoms with E-state index in [1.807, 2.05) is 19.1 Å². The molecule has 1 aliphatic heterocycles. The summed E-state index contributed by atoms with van der Waals surface area (Å²) in [6, 6.07) is 3.90. The summed E-state index contributed by atoms with van der Waals surface area (Å²) >= 11 is 0. The molecule has 2 aromatic rings. The fourth-order valence-electron chi connectivity index (χ4n) is 3.60. The number of nitrogens with zero attached hydrogens (tertiary/aromatic N) is 3. The Morgan fingerprint density at radius 2 is 1.90 bits per heavy atom. The third-order valence-electron chi connectivity index (χ3n) is 5.41. The second-order valence-corrected chi connectivity index (χ2v) is 8.88. The molecule has 152 valence electrons. The summed E-state index contributed by atoms with van der Waals surface area (Å²) in [5.41, 5.74) is 1.55. The number of hydrogen-bond acceptors (Lipinski definition) is 6. The van der Waals surface area contributed by atoms with Crippen molar-refractivity contribution in [1.82, 2.24) is 9.97 Å². The van der Waals surface area contributed by atoms with E-state index < -0.39 is 11.3 Å². The predicted octanol–water partition coefficient (Wildman–Crippen LogP) is 3.93. The lowest BCUT2D eigenvalue weighted by atomic mass is 9.94. The number of aryl methyl sites for hydroxylation is 1. The monoisotopic (exact) mass is 395 g/mol. The first kappa shape index (κ1) is 19.4. The number of carbonyl (C=O) groups excluding carboxylic acids is 2. The molecule has 0 saturated heterocycles. The van der Waals surface area contributed by atoms with Gasteiger partial charge in [0, 0.05) is 23.3 Å². The van der Waals surface area contributed by atoms with E-state index in [0.29, 0.717) is 12.5 Å². The molecule has 0 N–H and O–H groups in total. The first-order valence-electron chi connectivity index (χ1n) is 9.74. The molecule has 7 nitrogen and oxygen atoms in total. The maximum atomic E-state index is 12.6. The van der Waals surface area contributed by atoms with Gasteiger partial charge in [0.25, 0.3) is 0 Å². The molecule has 2 amide bonds. The van der Waals surface area contributed by atoms with Crippen LogP contribution in [0, 0.1) is 12.3 Å². The average Bonchev–Trinajstić information content (AvgIpc) is 3.32. The topological polar surface area (TPSA) is 81.6 Å². The molecule has 1 aromatic carbocycles. The van der Waals surface area contributed by atoms with E-state index in [9.17, 15) is 9.59 Å². The molecule has 2 aliphatic rings. The van der Waals surface area contributed by atoms with Crippen molar-refractivity contribution in [3.8, 4) is 17.4 Å². The van der Waals surface area contributed by atoms with E-state index in [1.54, 1.807) is 20.8 Å². The van der Waals surface area contributed by atoms with E-state index in [-0.39, 0.29) is 17.1 Å². The Bertz CT molecular complexity index is 988. The molecule has 1 saturated carbocycles. The van der Waals surface area contributed by atoms with Crippen molar-refractivity contribution in [1.29, 1.82) is 0 Å². The minimum atomic E-state index is -0.719. The van der Waals surface area contributed by atoms with Crippen LogP contribution in [0.1, 0.15) is 51.7 Å². The Labute approximate surface area is 170 Å². The van der Waals surface area contributed by atoms with Crippen LogP contribution in [0.3, 0.4) is 0 Å². The van der Waals surface area contributed by atoms with Crippen LogP contribution in [0.4, 0.5) is 5.82 Å². The van der Waals surface area contributed by atoms with Crippen molar-refractivity contribution in [3.63, 3.8) is 0 Å². The third-order valence-corrected chi connectivity index (χ3v) is 5.41. The van der Waals surface area contributed by atoms with Gasteiger partial charge in [0.15, 0.2) is 5.82 Å². The van der Waals surface area contributed by atoms with Gasteiger partial charge in [-0.3, -0.25) is 9.59 Å². The Balaban J connectivity index is 1.61. The first-order valence-corrected chi connectivity index (χ1v) is 9.74. The van der Waals surface area contributed by atoms with Crippen molar-refractivity contribution < 1.29 is 19.1 Å². The number of aromatic nitrogens is 2. The van der Waals surface area contributed by atoms with Crippen LogP contribution < -0.4 is 14.4 Å². The van der Waals surface area contributed by atoms with E-state index in [2.05, 4.69) is 9.97 Å². The molecule has 29 heavy (non-hydrogen) atoms. The largest absolute Gasteiger partial charge is 0.492 e. The van der Waals surface area contributed by atoms with Gasteiger partial charge in [-0.15, -0.1) is 0 Å². The first-order chi connectivity index (χ1) is 13.6. The molecule has 0 unspecified atom stereocenters. The van der Waals surface area contributed by atoms with Crippen LogP contribution in [0.2, 0.25) is 0 Å². The third kappa shape index (κ3) is 3.34. The van der Waals surface area contributed by atoms with Crippen molar-refractivity contribution in [2.24, 2.45) is 5.41 Å². The quantitative estimate of drug-likeness (QED) is 0.783. The molecule has 1 fully saturated rings. The Kier molecular flexibility index (Phi) is 4.37. The molecule has 0 radical (unpaired) electrons. The zero-order valence-corrected chi connectivity index (χ0v) is 17.4. The molecule has 2 heterocycles. The molecule has 1 aromatic heterocycles. The molecule has 4 rings (SSSR count). The fourth-order valence-corrected chi connectivity index (χ4v) is 3.60. The molecular weight excluding hydrogens is 370 g/mol. The van der Waals surface area contributed by atoms with E-state index >= 15 is 0 Å². The lowest BCUT2D eigenvalue weighted by molar-refractivity contribution is -0.130. The minimum absolute atomic E-state index is 0.0641. The number of amides is 2. The van der Waals surface area contributed by atoms with Crippen LogP contribution >= 0.6 is 0 Å². The standard InChI is InChI=1S/C22H25N3O4/c1-13-6-7-15(18-19(13)28-12-22(18)8-9-22)29-17-11-23-16(10-24-17)25(14(2)26)20(27)21(3,4)5/h6-7,10-11H,8-9,12H2,1-5H3. The number of rotatable bonds is 3. The highest BCUT2D eigenvalue weighted by atomic mass is 16.5. The maximum absolute atomic E-state index is 12.6. The van der Waals surface area contributed by atoms with Gasteiger partial charge in [-0.1, -0.05) is 26.8 Å². The number of benzene rings is 1. The van der Waals surface area contributed by atoms with Crippen LogP contribution in [0.15, 0.2) is 24.5 Å². The van der Waals surface area contributed by atoms with Crippen LogP contribution in [0.5, 0.6) is 17.4 Å². The zero-order valence-electron chi connectivity index (χ0n) is 17.4. The number of fused-ring (bicyclic) bond motifs is 2. The number of hydrogen-bond donors (Lipinski definition) is 0. The SMILES string of the molecule is CC(=O)N(C(=O)C(C)(C)C)c1cnc(Oc2ccc(C)c3c2C2(CC2)CO3)cn1. The lowest BCUT2D eigenvalue weighted by Gasteiger charge is -2.25. The molecule has 0 bridgehead atoms. The van der Waals surface area contributed by atoms with Crippen LogP contribution in [-0.2, 0) is 15.0 Å². The summed E-state index contributed by atoms with van der Waals surface area (Å²) in [5, 5.41) is 0. The van der Waals surface area contributed by atoms with Crippen LogP contribution in [0.25, 0.3) is 0 Å². The molecule has 1 spiro atoms.